The molecule has 1 aromatic rings. The van der Waals surface area contributed by atoms with E-state index in [1.165, 1.54) is 0 Å². The van der Waals surface area contributed by atoms with Crippen molar-refractivity contribution in [1.82, 2.24) is 0 Å². The van der Waals surface area contributed by atoms with Gasteiger partial charge in [-0.2, -0.15) is 0 Å². The van der Waals surface area contributed by atoms with Crippen LogP contribution >= 0.6 is 0 Å². The third-order valence-corrected chi connectivity index (χ3v) is 1.87. The van der Waals surface area contributed by atoms with Gasteiger partial charge in [0, 0.05) is 11.5 Å². The van der Waals surface area contributed by atoms with Gasteiger partial charge in [0.05, 0.1) is 12.2 Å². The van der Waals surface area contributed by atoms with E-state index >= 15 is 0 Å². The molecule has 1 N–H and O–H groups in total. The maximum Gasteiger partial charge on any atom is 0.384 e. The van der Waals surface area contributed by atoms with Crippen LogP contribution in [0.1, 0.15) is 22.8 Å². The van der Waals surface area contributed by atoms with E-state index in [0.29, 0.717) is 12.1 Å². The van der Waals surface area contributed by atoms with E-state index in [1.807, 2.05) is 5.92 Å². The normalized spacial score (nSPS) is 9.28. The Labute approximate surface area is 101 Å². The van der Waals surface area contributed by atoms with Gasteiger partial charge < -0.3 is 9.84 Å². The smallest absolute Gasteiger partial charge is 0.384 e. The Bertz CT molecular complexity index is 555. The zero-order valence-corrected chi connectivity index (χ0v) is 9.29. The number of carbonyl (C=O) groups is 2. The van der Waals surface area contributed by atoms with E-state index in [-0.39, 0.29) is 12.2 Å². The van der Waals surface area contributed by atoms with Crippen LogP contribution in [0.15, 0.2) is 12.1 Å². The van der Waals surface area contributed by atoms with Crippen LogP contribution in [-0.4, -0.2) is 23.7 Å². The van der Waals surface area contributed by atoms with E-state index in [2.05, 4.69) is 10.7 Å². The summed E-state index contributed by atoms with van der Waals surface area (Å²) in [5, 5.41) is 8.78. The van der Waals surface area contributed by atoms with Crippen molar-refractivity contribution in [2.24, 2.45) is 0 Å². The Balaban J connectivity index is 3.19. The lowest BCUT2D eigenvalue weighted by atomic mass is 10.1. The molecule has 1 rings (SSSR count). The van der Waals surface area contributed by atoms with Gasteiger partial charge in [0.15, 0.2) is 11.6 Å². The molecule has 94 valence electrons. The fraction of sp³-hybridized carbons (Fsp3) is 0.167. The second-order valence-electron chi connectivity index (χ2n) is 3.09. The first kappa shape index (κ1) is 13.6. The van der Waals surface area contributed by atoms with E-state index in [4.69, 9.17) is 5.11 Å². The molecule has 0 heterocycles. The van der Waals surface area contributed by atoms with Crippen LogP contribution in [-0.2, 0) is 9.53 Å². The molecule has 0 aliphatic heterocycles. The largest absolute Gasteiger partial charge is 0.478 e. The number of ether oxygens (including phenoxy) is 1. The van der Waals surface area contributed by atoms with Gasteiger partial charge in [-0.15, -0.1) is 0 Å². The number of benzene rings is 1. The van der Waals surface area contributed by atoms with E-state index < -0.39 is 29.1 Å². The van der Waals surface area contributed by atoms with Gasteiger partial charge in [-0.3, -0.25) is 0 Å². The summed E-state index contributed by atoms with van der Waals surface area (Å²) in [6, 6.07) is 1.12. The average Bonchev–Trinajstić information content (AvgIpc) is 2.30. The van der Waals surface area contributed by atoms with Gasteiger partial charge in [0.1, 0.15) is 0 Å². The zero-order valence-electron chi connectivity index (χ0n) is 9.29. The lowest BCUT2D eigenvalue weighted by molar-refractivity contribution is -0.136. The molecule has 6 heteroatoms. The molecule has 0 bridgehead atoms. The summed E-state index contributed by atoms with van der Waals surface area (Å²) in [6.45, 7) is 1.68. The predicted octanol–water partition coefficient (Wildman–Crippen LogP) is 1.58. The molecule has 0 spiro atoms. The van der Waals surface area contributed by atoms with Gasteiger partial charge in [-0.1, -0.05) is 5.92 Å². The number of carboxylic acid groups (broad SMARTS) is 1. The van der Waals surface area contributed by atoms with Crippen molar-refractivity contribution in [2.75, 3.05) is 6.61 Å². The topological polar surface area (TPSA) is 63.6 Å². The third-order valence-electron chi connectivity index (χ3n) is 1.87. The summed E-state index contributed by atoms with van der Waals surface area (Å²) in [4.78, 5) is 21.7. The number of carbonyl (C=O) groups excluding carboxylic acids is 1. The number of esters is 1. The number of halogens is 2. The summed E-state index contributed by atoms with van der Waals surface area (Å²) in [5.74, 6) is -0.773. The van der Waals surface area contributed by atoms with Crippen molar-refractivity contribution >= 4 is 11.9 Å². The lowest BCUT2D eigenvalue weighted by Gasteiger charge is -2.00. The number of aromatic carboxylic acids is 1. The van der Waals surface area contributed by atoms with Crippen LogP contribution in [0.3, 0.4) is 0 Å². The lowest BCUT2D eigenvalue weighted by Crippen LogP contribution is -2.04. The Morgan fingerprint density at radius 2 is 1.94 bits per heavy atom. The first-order chi connectivity index (χ1) is 8.45. The van der Waals surface area contributed by atoms with Crippen LogP contribution in [0.2, 0.25) is 0 Å². The Hall–Kier alpha value is -2.42. The monoisotopic (exact) mass is 254 g/mol. The highest BCUT2D eigenvalue weighted by molar-refractivity contribution is 5.93. The Morgan fingerprint density at radius 1 is 1.33 bits per heavy atom. The summed E-state index contributed by atoms with van der Waals surface area (Å²) >= 11 is 0. The van der Waals surface area contributed by atoms with E-state index in [1.54, 1.807) is 6.92 Å². The fourth-order valence-corrected chi connectivity index (χ4v) is 1.11. The minimum atomic E-state index is -1.47. The molecule has 0 saturated heterocycles. The molecule has 0 unspecified atom stereocenters. The van der Waals surface area contributed by atoms with Gasteiger partial charge in [-0.25, -0.2) is 18.4 Å². The first-order valence-electron chi connectivity index (χ1n) is 4.86. The summed E-state index contributed by atoms with van der Waals surface area (Å²) in [7, 11) is 0. The van der Waals surface area contributed by atoms with Gasteiger partial charge >= 0.3 is 11.9 Å². The predicted molar refractivity (Wildman–Crippen MR) is 56.8 cm³/mol. The number of rotatable bonds is 2. The van der Waals surface area contributed by atoms with Crippen molar-refractivity contribution < 1.29 is 28.2 Å². The second kappa shape index (κ2) is 5.77. The van der Waals surface area contributed by atoms with Crippen LogP contribution in [0.25, 0.3) is 0 Å². The SMILES string of the molecule is CCOC(=O)C#Cc1cc(F)c(F)cc1C(=O)O. The highest BCUT2D eigenvalue weighted by atomic mass is 19.2. The minimum Gasteiger partial charge on any atom is -0.478 e. The number of hydrogen-bond donors (Lipinski definition) is 1. The van der Waals surface area contributed by atoms with Gasteiger partial charge in [0.25, 0.3) is 0 Å². The molecule has 1 aromatic carbocycles. The fourth-order valence-electron chi connectivity index (χ4n) is 1.11. The Kier molecular flexibility index (Phi) is 4.38. The number of hydrogen-bond acceptors (Lipinski definition) is 3. The zero-order chi connectivity index (χ0) is 13.7. The molecular weight excluding hydrogens is 246 g/mol. The van der Waals surface area contributed by atoms with Crippen molar-refractivity contribution in [3.63, 3.8) is 0 Å². The molecule has 0 aliphatic rings. The molecule has 0 radical (unpaired) electrons. The van der Waals surface area contributed by atoms with Crippen LogP contribution < -0.4 is 0 Å². The maximum absolute atomic E-state index is 12.9. The van der Waals surface area contributed by atoms with Crippen molar-refractivity contribution in [3.05, 3.63) is 34.9 Å². The van der Waals surface area contributed by atoms with Crippen molar-refractivity contribution in [2.45, 2.75) is 6.92 Å². The third kappa shape index (κ3) is 3.28. The van der Waals surface area contributed by atoms with Crippen LogP contribution in [0.4, 0.5) is 8.78 Å². The minimum absolute atomic E-state index is 0.108. The molecule has 0 amide bonds. The van der Waals surface area contributed by atoms with Crippen molar-refractivity contribution in [1.29, 1.82) is 0 Å². The standard InChI is InChI=1S/C12H8F2O4/c1-2-18-11(15)4-3-7-5-9(13)10(14)6-8(7)12(16)17/h5-6H,2H2,1H3,(H,16,17). The first-order valence-corrected chi connectivity index (χ1v) is 4.86. The van der Waals surface area contributed by atoms with Crippen molar-refractivity contribution in [3.8, 4) is 11.8 Å². The maximum atomic E-state index is 12.9. The van der Waals surface area contributed by atoms with E-state index in [9.17, 15) is 18.4 Å². The van der Waals surface area contributed by atoms with E-state index in [0.717, 1.165) is 0 Å². The summed E-state index contributed by atoms with van der Waals surface area (Å²) in [5.41, 5.74) is -0.819. The Morgan fingerprint density at radius 3 is 2.50 bits per heavy atom. The molecule has 18 heavy (non-hydrogen) atoms. The molecule has 0 saturated carbocycles. The van der Waals surface area contributed by atoms with Gasteiger partial charge in [-0.05, 0) is 19.1 Å². The second-order valence-corrected chi connectivity index (χ2v) is 3.09. The molecule has 4 nitrogen and oxygen atoms in total. The van der Waals surface area contributed by atoms with Crippen LogP contribution in [0, 0.1) is 23.5 Å². The summed E-state index contributed by atoms with van der Waals surface area (Å²) < 4.78 is 30.3. The molecule has 0 aromatic heterocycles. The molecule has 0 atom stereocenters. The number of carboxylic acids is 1. The van der Waals surface area contributed by atoms with Gasteiger partial charge in [0.2, 0.25) is 0 Å². The summed E-state index contributed by atoms with van der Waals surface area (Å²) in [6.07, 6.45) is 0. The molecule has 0 aliphatic carbocycles. The quantitative estimate of drug-likeness (QED) is 0.642. The van der Waals surface area contributed by atoms with Crippen LogP contribution in [0.5, 0.6) is 0 Å². The molecule has 0 fully saturated rings. The highest BCUT2D eigenvalue weighted by Crippen LogP contribution is 2.14. The average molecular weight is 254 g/mol. The molecular formula is C12H8F2O4. The highest BCUT2D eigenvalue weighted by Gasteiger charge is 2.14.